The first-order chi connectivity index (χ1) is 16.1. The van der Waals surface area contributed by atoms with Crippen LogP contribution in [-0.4, -0.2) is 46.4 Å². The molecular formula is C24H22ClN7O. The van der Waals surface area contributed by atoms with E-state index in [0.29, 0.717) is 10.8 Å². The summed E-state index contributed by atoms with van der Waals surface area (Å²) in [6.07, 6.45) is 6.88. The minimum Gasteiger partial charge on any atom is -0.324 e. The highest BCUT2D eigenvalue weighted by molar-refractivity contribution is 6.30. The number of nitrogens with zero attached hydrogens (tertiary/aromatic N) is 7. The van der Waals surface area contributed by atoms with Gasteiger partial charge in [-0.1, -0.05) is 29.8 Å². The predicted octanol–water partition coefficient (Wildman–Crippen LogP) is 4.01. The second-order valence-electron chi connectivity index (χ2n) is 8.56. The fraction of sp³-hybridized carbons (Fsp3) is 0.292. The van der Waals surface area contributed by atoms with E-state index in [0.717, 1.165) is 42.6 Å². The Morgan fingerprint density at radius 2 is 2.00 bits per heavy atom. The Hall–Kier alpha value is -3.52. The molecule has 2 aliphatic rings. The Labute approximate surface area is 195 Å². The molecule has 6 rings (SSSR count). The van der Waals surface area contributed by atoms with E-state index in [4.69, 9.17) is 16.7 Å². The smallest absolute Gasteiger partial charge is 0.294 e. The lowest BCUT2D eigenvalue weighted by Crippen LogP contribution is -2.50. The van der Waals surface area contributed by atoms with Crippen molar-refractivity contribution in [1.29, 1.82) is 0 Å². The molecule has 33 heavy (non-hydrogen) atoms. The van der Waals surface area contributed by atoms with E-state index >= 15 is 0 Å². The zero-order valence-corrected chi connectivity index (χ0v) is 18.9. The van der Waals surface area contributed by atoms with Gasteiger partial charge in [0.1, 0.15) is 6.33 Å². The van der Waals surface area contributed by atoms with Gasteiger partial charge in [-0.05, 0) is 49.9 Å². The molecule has 0 radical (unpaired) electrons. The highest BCUT2D eigenvalue weighted by Crippen LogP contribution is 2.45. The van der Waals surface area contributed by atoms with Crippen molar-refractivity contribution in [1.82, 2.24) is 34.4 Å². The average molecular weight is 460 g/mol. The topological polar surface area (TPSA) is 81.7 Å². The van der Waals surface area contributed by atoms with Crippen LogP contribution < -0.4 is 0 Å². The number of pyridine rings is 1. The number of halogens is 1. The lowest BCUT2D eigenvalue weighted by Gasteiger charge is -2.44. The van der Waals surface area contributed by atoms with E-state index in [1.165, 1.54) is 10.2 Å². The zero-order chi connectivity index (χ0) is 22.5. The summed E-state index contributed by atoms with van der Waals surface area (Å²) in [5, 5.41) is 10.0. The fourth-order valence-electron chi connectivity index (χ4n) is 5.22. The summed E-state index contributed by atoms with van der Waals surface area (Å²) in [6, 6.07) is 13.4. The van der Waals surface area contributed by atoms with Gasteiger partial charge < -0.3 is 4.90 Å². The Morgan fingerprint density at radius 3 is 2.82 bits per heavy atom. The molecule has 2 atom stereocenters. The van der Waals surface area contributed by atoms with E-state index in [-0.39, 0.29) is 23.8 Å². The molecule has 0 aliphatic carbocycles. The SMILES string of the molecule is Cn1nc2c(c1-c1cccc(Cl)c1)CC1CCCC2N1C(=O)c1ncn(-c2ccccn2)n1. The molecule has 1 amide bonds. The van der Waals surface area contributed by atoms with Crippen LogP contribution in [0, 0.1) is 0 Å². The Balaban J connectivity index is 1.37. The number of aryl methyl sites for hydroxylation is 1. The average Bonchev–Trinajstić information content (AvgIpc) is 3.44. The second-order valence-corrected chi connectivity index (χ2v) is 9.00. The standard InChI is InChI=1S/C24H22ClN7O/c1-30-22(15-6-4-7-16(25)12-15)18-13-17-8-5-9-19(21(18)28-30)32(17)24(33)23-27-14-31(29-23)20-10-2-3-11-26-20/h2-4,6-7,10-12,14,17,19H,5,8-9,13H2,1H3. The molecular weight excluding hydrogens is 438 g/mol. The van der Waals surface area contributed by atoms with Gasteiger partial charge in [-0.25, -0.2) is 14.6 Å². The Kier molecular flexibility index (Phi) is 4.76. The first kappa shape index (κ1) is 20.1. The van der Waals surface area contributed by atoms with Crippen molar-refractivity contribution in [3.63, 3.8) is 0 Å². The number of aromatic nitrogens is 6. The summed E-state index contributed by atoms with van der Waals surface area (Å²) in [7, 11) is 1.96. The highest BCUT2D eigenvalue weighted by Gasteiger charge is 2.44. The molecule has 2 unspecified atom stereocenters. The minimum atomic E-state index is -0.153. The third-order valence-electron chi connectivity index (χ3n) is 6.58. The van der Waals surface area contributed by atoms with Crippen molar-refractivity contribution in [3.05, 3.63) is 77.1 Å². The van der Waals surface area contributed by atoms with Gasteiger partial charge in [-0.3, -0.25) is 9.48 Å². The van der Waals surface area contributed by atoms with Gasteiger partial charge in [0, 0.05) is 35.4 Å². The molecule has 1 fully saturated rings. The van der Waals surface area contributed by atoms with Gasteiger partial charge in [0.15, 0.2) is 5.82 Å². The first-order valence-corrected chi connectivity index (χ1v) is 11.5. The summed E-state index contributed by atoms with van der Waals surface area (Å²) >= 11 is 6.27. The summed E-state index contributed by atoms with van der Waals surface area (Å²) in [4.78, 5) is 24.1. The lowest BCUT2D eigenvalue weighted by molar-refractivity contribution is 0.0379. The Bertz CT molecular complexity index is 1350. The van der Waals surface area contributed by atoms with Crippen LogP contribution in [0.15, 0.2) is 55.0 Å². The van der Waals surface area contributed by atoms with E-state index in [1.54, 1.807) is 12.5 Å². The van der Waals surface area contributed by atoms with Gasteiger partial charge in [0.2, 0.25) is 5.82 Å². The largest absolute Gasteiger partial charge is 0.324 e. The molecule has 9 heteroatoms. The second kappa shape index (κ2) is 7.81. The molecule has 4 aromatic rings. The number of amides is 1. The molecule has 1 saturated heterocycles. The monoisotopic (exact) mass is 459 g/mol. The van der Waals surface area contributed by atoms with E-state index < -0.39 is 0 Å². The maximum atomic E-state index is 13.6. The molecule has 2 bridgehead atoms. The van der Waals surface area contributed by atoms with Gasteiger partial charge in [-0.15, -0.1) is 5.10 Å². The Morgan fingerprint density at radius 1 is 1.09 bits per heavy atom. The van der Waals surface area contributed by atoms with Crippen molar-refractivity contribution < 1.29 is 4.79 Å². The van der Waals surface area contributed by atoms with Crippen molar-refractivity contribution in [3.8, 4) is 17.1 Å². The van der Waals surface area contributed by atoms with Gasteiger partial charge in [0.05, 0.1) is 17.4 Å². The molecule has 0 N–H and O–H groups in total. The molecule has 8 nitrogen and oxygen atoms in total. The third kappa shape index (κ3) is 3.33. The molecule has 2 aliphatic heterocycles. The van der Waals surface area contributed by atoms with E-state index in [1.807, 2.05) is 53.0 Å². The third-order valence-corrected chi connectivity index (χ3v) is 6.81. The van der Waals surface area contributed by atoms with Crippen molar-refractivity contribution in [2.45, 2.75) is 37.8 Å². The van der Waals surface area contributed by atoms with Crippen LogP contribution in [0.2, 0.25) is 5.02 Å². The van der Waals surface area contributed by atoms with Crippen LogP contribution in [-0.2, 0) is 13.5 Å². The summed E-state index contributed by atoms with van der Waals surface area (Å²) < 4.78 is 3.46. The maximum Gasteiger partial charge on any atom is 0.294 e. The summed E-state index contributed by atoms with van der Waals surface area (Å²) in [5.41, 5.74) is 4.31. The minimum absolute atomic E-state index is 0.0825. The normalized spacial score (nSPS) is 19.4. The fourth-order valence-corrected chi connectivity index (χ4v) is 5.41. The first-order valence-electron chi connectivity index (χ1n) is 11.1. The van der Waals surface area contributed by atoms with Crippen LogP contribution >= 0.6 is 11.6 Å². The number of piperidine rings is 1. The lowest BCUT2D eigenvalue weighted by atomic mass is 9.81. The number of hydrogen-bond donors (Lipinski definition) is 0. The summed E-state index contributed by atoms with van der Waals surface area (Å²) in [5.74, 6) is 0.660. The van der Waals surface area contributed by atoms with E-state index in [2.05, 4.69) is 21.1 Å². The number of fused-ring (bicyclic) bond motifs is 4. The molecule has 5 heterocycles. The van der Waals surface area contributed by atoms with Gasteiger partial charge in [-0.2, -0.15) is 5.10 Å². The van der Waals surface area contributed by atoms with Crippen LogP contribution in [0.25, 0.3) is 17.1 Å². The predicted molar refractivity (Wildman–Crippen MR) is 123 cm³/mol. The maximum absolute atomic E-state index is 13.6. The van der Waals surface area contributed by atoms with Crippen LogP contribution in [0.1, 0.15) is 47.2 Å². The number of carbonyl (C=O) groups excluding carboxylic acids is 1. The van der Waals surface area contributed by atoms with E-state index in [9.17, 15) is 4.79 Å². The number of benzene rings is 1. The van der Waals surface area contributed by atoms with Crippen LogP contribution in [0.3, 0.4) is 0 Å². The van der Waals surface area contributed by atoms with Gasteiger partial charge >= 0.3 is 0 Å². The molecule has 0 saturated carbocycles. The van der Waals surface area contributed by atoms with Gasteiger partial charge in [0.25, 0.3) is 5.91 Å². The number of rotatable bonds is 3. The quantitative estimate of drug-likeness (QED) is 0.462. The highest BCUT2D eigenvalue weighted by atomic mass is 35.5. The number of hydrogen-bond acceptors (Lipinski definition) is 5. The zero-order valence-electron chi connectivity index (χ0n) is 18.1. The van der Waals surface area contributed by atoms with Crippen LogP contribution in [0.5, 0.6) is 0 Å². The molecule has 1 aromatic carbocycles. The van der Waals surface area contributed by atoms with Crippen molar-refractivity contribution in [2.75, 3.05) is 0 Å². The molecule has 166 valence electrons. The number of carbonyl (C=O) groups is 1. The van der Waals surface area contributed by atoms with Crippen molar-refractivity contribution in [2.24, 2.45) is 7.05 Å². The molecule has 0 spiro atoms. The van der Waals surface area contributed by atoms with Crippen molar-refractivity contribution >= 4 is 17.5 Å². The molecule has 3 aromatic heterocycles. The summed E-state index contributed by atoms with van der Waals surface area (Å²) in [6.45, 7) is 0. The van der Waals surface area contributed by atoms with Crippen LogP contribution in [0.4, 0.5) is 0 Å².